The molecule has 1 N–H and O–H groups in total. The summed E-state index contributed by atoms with van der Waals surface area (Å²) in [6, 6.07) is 9.31. The fourth-order valence-electron chi connectivity index (χ4n) is 2.58. The topological polar surface area (TPSA) is 80.8 Å². The Morgan fingerprint density at radius 2 is 2.17 bits per heavy atom. The summed E-state index contributed by atoms with van der Waals surface area (Å²) in [5, 5.41) is 4.40. The van der Waals surface area contributed by atoms with Crippen LogP contribution in [0.15, 0.2) is 30.3 Å². The zero-order chi connectivity index (χ0) is 16.9. The highest BCUT2D eigenvalue weighted by molar-refractivity contribution is 5.99. The molecule has 0 atom stereocenters. The summed E-state index contributed by atoms with van der Waals surface area (Å²) in [7, 11) is 1.59. The third kappa shape index (κ3) is 3.46. The molecule has 7 nitrogen and oxygen atoms in total. The van der Waals surface area contributed by atoms with Crippen LogP contribution in [-0.4, -0.2) is 61.7 Å². The molecule has 7 heteroatoms. The van der Waals surface area contributed by atoms with E-state index in [4.69, 9.17) is 9.47 Å². The first-order valence-corrected chi connectivity index (χ1v) is 7.76. The summed E-state index contributed by atoms with van der Waals surface area (Å²) in [5.41, 5.74) is 0.274. The minimum Gasteiger partial charge on any atom is -0.475 e. The van der Waals surface area contributed by atoms with Crippen molar-refractivity contribution in [2.24, 2.45) is 0 Å². The molecule has 1 aliphatic heterocycles. The zero-order valence-corrected chi connectivity index (χ0v) is 13.4. The van der Waals surface area contributed by atoms with Crippen molar-refractivity contribution in [3.63, 3.8) is 0 Å². The quantitative estimate of drug-likeness (QED) is 0.822. The number of nitrogens with one attached hydrogen (secondary N) is 1. The Balaban J connectivity index is 1.92. The summed E-state index contributed by atoms with van der Waals surface area (Å²) in [4.78, 5) is 30.0. The van der Waals surface area contributed by atoms with Crippen LogP contribution in [0.4, 0.5) is 0 Å². The molecule has 1 aliphatic rings. The normalized spacial score (nSPS) is 14.5. The molecule has 0 aliphatic carbocycles. The van der Waals surface area contributed by atoms with E-state index in [0.29, 0.717) is 32.2 Å². The number of aromatic nitrogens is 1. The molecule has 1 aromatic heterocycles. The number of benzene rings is 1. The number of nitrogens with zero attached hydrogens (tertiary/aromatic N) is 2. The smallest absolute Gasteiger partial charge is 0.273 e. The molecule has 0 bridgehead atoms. The molecular formula is C17H19N3O4. The molecule has 2 amide bonds. The van der Waals surface area contributed by atoms with Gasteiger partial charge in [-0.25, -0.2) is 4.98 Å². The van der Waals surface area contributed by atoms with Crippen molar-refractivity contribution in [2.75, 3.05) is 40.0 Å². The Hall–Kier alpha value is -2.67. The van der Waals surface area contributed by atoms with Crippen LogP contribution in [0.25, 0.3) is 10.8 Å². The van der Waals surface area contributed by atoms with Crippen molar-refractivity contribution in [3.8, 4) is 5.88 Å². The number of hydrogen-bond donors (Lipinski definition) is 1. The third-order valence-electron chi connectivity index (χ3n) is 3.78. The van der Waals surface area contributed by atoms with Gasteiger partial charge >= 0.3 is 0 Å². The lowest BCUT2D eigenvalue weighted by Crippen LogP contribution is -2.50. The molecule has 2 aromatic rings. The first-order chi connectivity index (χ1) is 11.7. The predicted octanol–water partition coefficient (Wildman–Crippen LogP) is 0.832. The van der Waals surface area contributed by atoms with Gasteiger partial charge in [0, 0.05) is 25.6 Å². The maximum atomic E-state index is 12.7. The molecule has 24 heavy (non-hydrogen) atoms. The van der Waals surface area contributed by atoms with Gasteiger partial charge in [-0.3, -0.25) is 9.59 Å². The SMILES string of the molecule is COCCOc1nc(C(=O)N2CCNC(=O)C2)cc2ccccc12. The molecule has 2 heterocycles. The fourth-order valence-corrected chi connectivity index (χ4v) is 2.58. The molecule has 1 fully saturated rings. The van der Waals surface area contributed by atoms with Crippen LogP contribution in [0.5, 0.6) is 5.88 Å². The number of pyridine rings is 1. The number of amides is 2. The summed E-state index contributed by atoms with van der Waals surface area (Å²) in [6.45, 7) is 1.75. The lowest BCUT2D eigenvalue weighted by Gasteiger charge is -2.26. The maximum absolute atomic E-state index is 12.7. The summed E-state index contributed by atoms with van der Waals surface area (Å²) in [5.74, 6) is -0.0332. The highest BCUT2D eigenvalue weighted by Crippen LogP contribution is 2.25. The maximum Gasteiger partial charge on any atom is 0.273 e. The van der Waals surface area contributed by atoms with Crippen LogP contribution < -0.4 is 10.1 Å². The van der Waals surface area contributed by atoms with E-state index in [-0.39, 0.29) is 24.1 Å². The van der Waals surface area contributed by atoms with Gasteiger partial charge in [-0.15, -0.1) is 0 Å². The van der Waals surface area contributed by atoms with Crippen molar-refractivity contribution in [1.82, 2.24) is 15.2 Å². The summed E-state index contributed by atoms with van der Waals surface area (Å²) in [6.07, 6.45) is 0. The van der Waals surface area contributed by atoms with Gasteiger partial charge in [-0.1, -0.05) is 18.2 Å². The molecule has 1 saturated heterocycles. The highest BCUT2D eigenvalue weighted by Gasteiger charge is 2.24. The molecule has 0 radical (unpaired) electrons. The van der Waals surface area contributed by atoms with Crippen molar-refractivity contribution in [2.45, 2.75) is 0 Å². The molecule has 126 valence electrons. The van der Waals surface area contributed by atoms with E-state index in [0.717, 1.165) is 10.8 Å². The van der Waals surface area contributed by atoms with Gasteiger partial charge in [0.15, 0.2) is 0 Å². The second kappa shape index (κ2) is 7.27. The van der Waals surface area contributed by atoms with E-state index in [9.17, 15) is 9.59 Å². The predicted molar refractivity (Wildman–Crippen MR) is 88.0 cm³/mol. The number of hydrogen-bond acceptors (Lipinski definition) is 5. The average Bonchev–Trinajstić information content (AvgIpc) is 2.61. The van der Waals surface area contributed by atoms with Crippen LogP contribution in [-0.2, 0) is 9.53 Å². The minimum absolute atomic E-state index is 0.0488. The fraction of sp³-hybridized carbons (Fsp3) is 0.353. The number of ether oxygens (including phenoxy) is 2. The molecular weight excluding hydrogens is 310 g/mol. The number of carbonyl (C=O) groups is 2. The Labute approximate surface area is 139 Å². The lowest BCUT2D eigenvalue weighted by molar-refractivity contribution is -0.123. The zero-order valence-electron chi connectivity index (χ0n) is 13.4. The molecule has 3 rings (SSSR count). The Morgan fingerprint density at radius 1 is 1.33 bits per heavy atom. The van der Waals surface area contributed by atoms with Gasteiger partial charge in [-0.05, 0) is 17.5 Å². The molecule has 1 aromatic carbocycles. The van der Waals surface area contributed by atoms with Crippen LogP contribution in [0, 0.1) is 0 Å². The van der Waals surface area contributed by atoms with Gasteiger partial charge in [-0.2, -0.15) is 0 Å². The Kier molecular flexibility index (Phi) is 4.90. The van der Waals surface area contributed by atoms with Gasteiger partial charge < -0.3 is 19.7 Å². The van der Waals surface area contributed by atoms with Crippen LogP contribution in [0.3, 0.4) is 0 Å². The van der Waals surface area contributed by atoms with Crippen LogP contribution >= 0.6 is 0 Å². The number of fused-ring (bicyclic) bond motifs is 1. The van der Waals surface area contributed by atoms with Gasteiger partial charge in [0.25, 0.3) is 5.91 Å². The monoisotopic (exact) mass is 329 g/mol. The first-order valence-electron chi connectivity index (χ1n) is 7.76. The van der Waals surface area contributed by atoms with E-state index in [1.54, 1.807) is 13.2 Å². The van der Waals surface area contributed by atoms with E-state index >= 15 is 0 Å². The lowest BCUT2D eigenvalue weighted by atomic mass is 10.1. The molecule has 0 spiro atoms. The first kappa shape index (κ1) is 16.2. The molecule has 0 unspecified atom stereocenters. The standard InChI is InChI=1S/C17H19N3O4/c1-23-8-9-24-16-13-5-3-2-4-12(13)10-14(19-16)17(22)20-7-6-18-15(21)11-20/h2-5,10H,6-9,11H2,1H3,(H,18,21). The van der Waals surface area contributed by atoms with Gasteiger partial charge in [0.05, 0.1) is 13.2 Å². The van der Waals surface area contributed by atoms with Crippen LogP contribution in [0.1, 0.15) is 10.5 Å². The van der Waals surface area contributed by atoms with Crippen molar-refractivity contribution < 1.29 is 19.1 Å². The number of rotatable bonds is 5. The molecule has 0 saturated carbocycles. The summed E-state index contributed by atoms with van der Waals surface area (Å²) >= 11 is 0. The second-order valence-electron chi connectivity index (χ2n) is 5.45. The van der Waals surface area contributed by atoms with E-state index in [2.05, 4.69) is 10.3 Å². The largest absolute Gasteiger partial charge is 0.475 e. The highest BCUT2D eigenvalue weighted by atomic mass is 16.5. The number of methoxy groups -OCH3 is 1. The van der Waals surface area contributed by atoms with Gasteiger partial charge in [0.1, 0.15) is 12.3 Å². The Bertz CT molecular complexity index is 763. The average molecular weight is 329 g/mol. The van der Waals surface area contributed by atoms with Crippen molar-refractivity contribution >= 4 is 22.6 Å². The van der Waals surface area contributed by atoms with E-state index < -0.39 is 0 Å². The second-order valence-corrected chi connectivity index (χ2v) is 5.45. The van der Waals surface area contributed by atoms with E-state index in [1.165, 1.54) is 4.90 Å². The number of carbonyl (C=O) groups excluding carboxylic acids is 2. The van der Waals surface area contributed by atoms with Gasteiger partial charge in [0.2, 0.25) is 11.8 Å². The minimum atomic E-state index is -0.271. The van der Waals surface area contributed by atoms with E-state index in [1.807, 2.05) is 24.3 Å². The van der Waals surface area contributed by atoms with Crippen molar-refractivity contribution in [1.29, 1.82) is 0 Å². The van der Waals surface area contributed by atoms with Crippen molar-refractivity contribution in [3.05, 3.63) is 36.0 Å². The Morgan fingerprint density at radius 3 is 2.96 bits per heavy atom. The number of piperazine rings is 1. The van der Waals surface area contributed by atoms with Crippen LogP contribution in [0.2, 0.25) is 0 Å². The third-order valence-corrected chi connectivity index (χ3v) is 3.78. The summed E-state index contributed by atoms with van der Waals surface area (Å²) < 4.78 is 10.7.